The van der Waals surface area contributed by atoms with Gasteiger partial charge in [0.05, 0.1) is 12.8 Å². The normalized spacial score (nSPS) is 9.73. The van der Waals surface area contributed by atoms with Gasteiger partial charge in [-0.05, 0) is 12.5 Å². The van der Waals surface area contributed by atoms with Crippen LogP contribution in [0.1, 0.15) is 12.6 Å². The summed E-state index contributed by atoms with van der Waals surface area (Å²) in [5.74, 6) is 0.753. The van der Waals surface area contributed by atoms with Crippen molar-refractivity contribution in [3.63, 3.8) is 0 Å². The number of hydrogen-bond donors (Lipinski definition) is 0. The van der Waals surface area contributed by atoms with Crippen molar-refractivity contribution in [3.05, 3.63) is 18.3 Å². The maximum absolute atomic E-state index is 5.04. The van der Waals surface area contributed by atoms with Crippen molar-refractivity contribution < 1.29 is 4.74 Å². The first-order chi connectivity index (χ1) is 5.15. The van der Waals surface area contributed by atoms with Gasteiger partial charge in [-0.15, -0.1) is 0 Å². The highest BCUT2D eigenvalue weighted by molar-refractivity contribution is 5.58. The molecular formula is C8H12N2O. The molecule has 0 aromatic carbocycles. The first kappa shape index (κ1) is 7.85. The predicted octanol–water partition coefficient (Wildman–Crippen LogP) is 1.46. The maximum Gasteiger partial charge on any atom is 0.211 e. The molecule has 3 heteroatoms. The Bertz CT molecular complexity index is 276. The summed E-state index contributed by atoms with van der Waals surface area (Å²) in [6, 6.07) is 1.86. The molecule has 0 N–H and O–H groups in total. The zero-order chi connectivity index (χ0) is 8.43. The summed E-state index contributed by atoms with van der Waals surface area (Å²) in [4.78, 5) is 0. The molecule has 60 valence electrons. The molecule has 0 fully saturated rings. The Morgan fingerprint density at radius 1 is 1.73 bits per heavy atom. The van der Waals surface area contributed by atoms with E-state index in [1.54, 1.807) is 11.8 Å². The van der Waals surface area contributed by atoms with E-state index < -0.39 is 0 Å². The van der Waals surface area contributed by atoms with E-state index in [1.165, 1.54) is 0 Å². The Labute approximate surface area is 66.3 Å². The number of methoxy groups -OCH3 is 1. The molecule has 0 bridgehead atoms. The molecule has 0 atom stereocenters. The summed E-state index contributed by atoms with van der Waals surface area (Å²) in [5.41, 5.74) is 1.83. The van der Waals surface area contributed by atoms with Crippen molar-refractivity contribution in [2.75, 3.05) is 7.11 Å². The lowest BCUT2D eigenvalue weighted by atomic mass is 10.2. The summed E-state index contributed by atoms with van der Waals surface area (Å²) >= 11 is 0. The molecule has 1 aromatic rings. The molecule has 1 aromatic heterocycles. The number of nitrogens with zero attached hydrogens (tertiary/aromatic N) is 2. The Morgan fingerprint density at radius 3 is 2.64 bits per heavy atom. The average molecular weight is 152 g/mol. The summed E-state index contributed by atoms with van der Waals surface area (Å²) in [6.45, 7) is 5.70. The van der Waals surface area contributed by atoms with Crippen LogP contribution in [0, 0.1) is 0 Å². The Balaban J connectivity index is 3.05. The van der Waals surface area contributed by atoms with E-state index in [9.17, 15) is 0 Å². The second kappa shape index (κ2) is 2.78. The van der Waals surface area contributed by atoms with Gasteiger partial charge in [-0.25, -0.2) is 4.68 Å². The second-order valence-corrected chi connectivity index (χ2v) is 2.48. The van der Waals surface area contributed by atoms with Gasteiger partial charge in [0.25, 0.3) is 0 Å². The highest BCUT2D eigenvalue weighted by Crippen LogP contribution is 2.16. The fourth-order valence-corrected chi connectivity index (χ4v) is 0.850. The molecule has 0 amide bonds. The molecule has 1 heterocycles. The van der Waals surface area contributed by atoms with E-state index in [-0.39, 0.29) is 0 Å². The number of aryl methyl sites for hydroxylation is 1. The minimum atomic E-state index is 0.753. The third-order valence-electron chi connectivity index (χ3n) is 1.48. The largest absolute Gasteiger partial charge is 0.481 e. The number of rotatable bonds is 2. The smallest absolute Gasteiger partial charge is 0.211 e. The number of aromatic nitrogens is 2. The molecule has 1 rings (SSSR count). The van der Waals surface area contributed by atoms with Crippen LogP contribution >= 0.6 is 0 Å². The van der Waals surface area contributed by atoms with Gasteiger partial charge >= 0.3 is 0 Å². The summed E-state index contributed by atoms with van der Waals surface area (Å²) in [7, 11) is 3.46. The summed E-state index contributed by atoms with van der Waals surface area (Å²) < 4.78 is 6.72. The van der Waals surface area contributed by atoms with Gasteiger partial charge in [-0.1, -0.05) is 6.58 Å². The zero-order valence-corrected chi connectivity index (χ0v) is 7.09. The van der Waals surface area contributed by atoms with E-state index in [2.05, 4.69) is 11.7 Å². The minimum absolute atomic E-state index is 0.753. The van der Waals surface area contributed by atoms with Crippen molar-refractivity contribution in [1.82, 2.24) is 9.78 Å². The Hall–Kier alpha value is -1.25. The van der Waals surface area contributed by atoms with E-state index in [0.29, 0.717) is 0 Å². The van der Waals surface area contributed by atoms with Gasteiger partial charge in [0.2, 0.25) is 5.88 Å². The van der Waals surface area contributed by atoms with E-state index in [4.69, 9.17) is 4.74 Å². The second-order valence-electron chi connectivity index (χ2n) is 2.48. The van der Waals surface area contributed by atoms with Crippen molar-refractivity contribution in [3.8, 4) is 5.88 Å². The van der Waals surface area contributed by atoms with Crippen LogP contribution in [0.3, 0.4) is 0 Å². The molecule has 3 nitrogen and oxygen atoms in total. The number of ether oxygens (including phenoxy) is 1. The highest BCUT2D eigenvalue weighted by Gasteiger charge is 2.03. The molecule has 11 heavy (non-hydrogen) atoms. The molecule has 0 saturated carbocycles. The van der Waals surface area contributed by atoms with E-state index >= 15 is 0 Å². The average Bonchev–Trinajstić information content (AvgIpc) is 2.31. The van der Waals surface area contributed by atoms with Crippen LogP contribution in [0.5, 0.6) is 5.88 Å². The van der Waals surface area contributed by atoms with E-state index in [0.717, 1.165) is 17.1 Å². The third-order valence-corrected chi connectivity index (χ3v) is 1.48. The van der Waals surface area contributed by atoms with Gasteiger partial charge in [0.15, 0.2) is 0 Å². The van der Waals surface area contributed by atoms with Gasteiger partial charge < -0.3 is 4.74 Å². The van der Waals surface area contributed by atoms with Crippen LogP contribution in [-0.4, -0.2) is 16.9 Å². The van der Waals surface area contributed by atoms with Gasteiger partial charge in [-0.2, -0.15) is 5.10 Å². The predicted molar refractivity (Wildman–Crippen MR) is 44.5 cm³/mol. The van der Waals surface area contributed by atoms with Crippen LogP contribution < -0.4 is 4.74 Å². The zero-order valence-electron chi connectivity index (χ0n) is 7.09. The van der Waals surface area contributed by atoms with E-state index in [1.807, 2.05) is 20.0 Å². The van der Waals surface area contributed by atoms with Crippen LogP contribution in [0.15, 0.2) is 12.6 Å². The van der Waals surface area contributed by atoms with Gasteiger partial charge in [-0.3, -0.25) is 0 Å². The van der Waals surface area contributed by atoms with Crippen molar-refractivity contribution >= 4 is 5.57 Å². The topological polar surface area (TPSA) is 27.1 Å². The molecule has 0 aliphatic rings. The molecular weight excluding hydrogens is 140 g/mol. The highest BCUT2D eigenvalue weighted by atomic mass is 16.5. The lowest BCUT2D eigenvalue weighted by Crippen LogP contribution is -1.94. The monoisotopic (exact) mass is 152 g/mol. The lowest BCUT2D eigenvalue weighted by molar-refractivity contribution is 0.373. The van der Waals surface area contributed by atoms with Crippen LogP contribution in [0.25, 0.3) is 5.57 Å². The summed E-state index contributed by atoms with van der Waals surface area (Å²) in [6.07, 6.45) is 0. The Morgan fingerprint density at radius 2 is 2.36 bits per heavy atom. The fraction of sp³-hybridized carbons (Fsp3) is 0.375. The first-order valence-electron chi connectivity index (χ1n) is 3.39. The SMILES string of the molecule is C=C(C)c1cc(OC)n(C)n1. The van der Waals surface area contributed by atoms with Crippen molar-refractivity contribution in [2.24, 2.45) is 7.05 Å². The van der Waals surface area contributed by atoms with Crippen LogP contribution in [-0.2, 0) is 7.05 Å². The minimum Gasteiger partial charge on any atom is -0.481 e. The fourth-order valence-electron chi connectivity index (χ4n) is 0.850. The summed E-state index contributed by atoms with van der Waals surface area (Å²) in [5, 5.41) is 4.17. The number of hydrogen-bond acceptors (Lipinski definition) is 2. The van der Waals surface area contributed by atoms with Crippen LogP contribution in [0.4, 0.5) is 0 Å². The number of allylic oxidation sites excluding steroid dienone is 1. The maximum atomic E-state index is 5.04. The lowest BCUT2D eigenvalue weighted by Gasteiger charge is -1.95. The third kappa shape index (κ3) is 1.42. The molecule has 0 aliphatic carbocycles. The van der Waals surface area contributed by atoms with Crippen molar-refractivity contribution in [1.29, 1.82) is 0 Å². The molecule has 0 aliphatic heterocycles. The standard InChI is InChI=1S/C8H12N2O/c1-6(2)7-5-8(11-4)10(3)9-7/h5H,1H2,2-4H3. The molecule has 0 unspecified atom stereocenters. The Kier molecular flexibility index (Phi) is 1.98. The first-order valence-corrected chi connectivity index (χ1v) is 3.39. The van der Waals surface area contributed by atoms with Crippen molar-refractivity contribution in [2.45, 2.75) is 6.92 Å². The molecule has 0 spiro atoms. The van der Waals surface area contributed by atoms with Gasteiger partial charge in [0.1, 0.15) is 0 Å². The molecule has 0 saturated heterocycles. The van der Waals surface area contributed by atoms with Gasteiger partial charge in [0, 0.05) is 13.1 Å². The quantitative estimate of drug-likeness (QED) is 0.641. The van der Waals surface area contributed by atoms with Crippen LogP contribution in [0.2, 0.25) is 0 Å². The molecule has 0 radical (unpaired) electrons.